The second-order valence-electron chi connectivity index (χ2n) is 6.73. The van der Waals surface area contributed by atoms with E-state index in [1.54, 1.807) is 12.1 Å². The maximum atomic E-state index is 12.1. The molecule has 0 atom stereocenters. The molecule has 2 aromatic rings. The molecule has 23 heavy (non-hydrogen) atoms. The van der Waals surface area contributed by atoms with Crippen molar-refractivity contribution in [3.8, 4) is 11.4 Å². The van der Waals surface area contributed by atoms with E-state index in [0.29, 0.717) is 36.8 Å². The van der Waals surface area contributed by atoms with Gasteiger partial charge in [-0.05, 0) is 30.5 Å². The van der Waals surface area contributed by atoms with Crippen molar-refractivity contribution < 1.29 is 9.32 Å². The van der Waals surface area contributed by atoms with Crippen LogP contribution in [0, 0.1) is 5.41 Å². The summed E-state index contributed by atoms with van der Waals surface area (Å²) in [6.45, 7) is 7.47. The highest BCUT2D eigenvalue weighted by molar-refractivity contribution is 5.95. The number of rotatable bonds is 6. The maximum Gasteiger partial charge on any atom is 0.251 e. The van der Waals surface area contributed by atoms with E-state index in [0.717, 1.165) is 12.0 Å². The molecule has 6 nitrogen and oxygen atoms in total. The second-order valence-corrected chi connectivity index (χ2v) is 6.73. The summed E-state index contributed by atoms with van der Waals surface area (Å²) in [6, 6.07) is 7.20. The van der Waals surface area contributed by atoms with Crippen molar-refractivity contribution >= 4 is 5.91 Å². The monoisotopic (exact) mass is 316 g/mol. The van der Waals surface area contributed by atoms with Crippen molar-refractivity contribution in [2.24, 2.45) is 11.1 Å². The fourth-order valence-electron chi connectivity index (χ4n) is 2.10. The Bertz CT molecular complexity index is 659. The highest BCUT2D eigenvalue weighted by Crippen LogP contribution is 2.22. The standard InChI is InChI=1S/C17H24N4O2/c1-17(2,3)11-14-20-15(21-23-14)12-6-4-7-13(10-12)16(22)19-9-5-8-18/h4,6-7,10H,5,8-9,11,18H2,1-3H3,(H,19,22). The molecular formula is C17H24N4O2. The Balaban J connectivity index is 2.12. The van der Waals surface area contributed by atoms with E-state index >= 15 is 0 Å². The lowest BCUT2D eigenvalue weighted by Gasteiger charge is -2.13. The zero-order chi connectivity index (χ0) is 16.9. The molecule has 0 radical (unpaired) electrons. The number of nitrogens with zero attached hydrogens (tertiary/aromatic N) is 2. The Kier molecular flexibility index (Phi) is 5.50. The zero-order valence-electron chi connectivity index (χ0n) is 13.9. The smallest absolute Gasteiger partial charge is 0.251 e. The van der Waals surface area contributed by atoms with E-state index in [1.807, 2.05) is 12.1 Å². The van der Waals surface area contributed by atoms with Gasteiger partial charge in [-0.2, -0.15) is 4.98 Å². The molecule has 2 rings (SSSR count). The van der Waals surface area contributed by atoms with Gasteiger partial charge in [0.1, 0.15) is 0 Å². The maximum absolute atomic E-state index is 12.1. The predicted octanol–water partition coefficient (Wildman–Crippen LogP) is 2.40. The molecule has 3 N–H and O–H groups in total. The van der Waals surface area contributed by atoms with Gasteiger partial charge in [-0.1, -0.05) is 38.1 Å². The van der Waals surface area contributed by atoms with Crippen LogP contribution in [0.25, 0.3) is 11.4 Å². The average Bonchev–Trinajstić information content (AvgIpc) is 2.94. The second kappa shape index (κ2) is 7.37. The summed E-state index contributed by atoms with van der Waals surface area (Å²) in [7, 11) is 0. The summed E-state index contributed by atoms with van der Waals surface area (Å²) in [5.74, 6) is 0.977. The first-order chi connectivity index (χ1) is 10.9. The third kappa shape index (κ3) is 5.17. The third-order valence-corrected chi connectivity index (χ3v) is 3.20. The van der Waals surface area contributed by atoms with Crippen molar-refractivity contribution in [2.45, 2.75) is 33.6 Å². The number of hydrogen-bond acceptors (Lipinski definition) is 5. The van der Waals surface area contributed by atoms with Crippen LogP contribution < -0.4 is 11.1 Å². The van der Waals surface area contributed by atoms with E-state index in [9.17, 15) is 4.79 Å². The van der Waals surface area contributed by atoms with Crippen LogP contribution >= 0.6 is 0 Å². The third-order valence-electron chi connectivity index (χ3n) is 3.20. The molecule has 0 aliphatic carbocycles. The predicted molar refractivity (Wildman–Crippen MR) is 88.9 cm³/mol. The molecule has 1 heterocycles. The molecule has 0 saturated carbocycles. The summed E-state index contributed by atoms with van der Waals surface area (Å²) in [5.41, 5.74) is 6.83. The van der Waals surface area contributed by atoms with Crippen molar-refractivity contribution in [3.63, 3.8) is 0 Å². The van der Waals surface area contributed by atoms with Crippen LogP contribution in [0.5, 0.6) is 0 Å². The van der Waals surface area contributed by atoms with E-state index in [2.05, 4.69) is 36.2 Å². The minimum absolute atomic E-state index is 0.0779. The van der Waals surface area contributed by atoms with Crippen LogP contribution in [-0.4, -0.2) is 29.1 Å². The first kappa shape index (κ1) is 17.1. The first-order valence-corrected chi connectivity index (χ1v) is 7.80. The van der Waals surface area contributed by atoms with Crippen molar-refractivity contribution in [3.05, 3.63) is 35.7 Å². The number of benzene rings is 1. The van der Waals surface area contributed by atoms with Gasteiger partial charge >= 0.3 is 0 Å². The van der Waals surface area contributed by atoms with Crippen LogP contribution in [0.15, 0.2) is 28.8 Å². The minimum atomic E-state index is -0.126. The van der Waals surface area contributed by atoms with E-state index in [-0.39, 0.29) is 11.3 Å². The Morgan fingerprint density at radius 2 is 2.13 bits per heavy atom. The lowest BCUT2D eigenvalue weighted by Crippen LogP contribution is -2.25. The molecule has 0 aliphatic heterocycles. The number of hydrogen-bond donors (Lipinski definition) is 2. The van der Waals surface area contributed by atoms with Gasteiger partial charge < -0.3 is 15.6 Å². The molecule has 6 heteroatoms. The van der Waals surface area contributed by atoms with Gasteiger partial charge in [0.2, 0.25) is 11.7 Å². The number of carbonyl (C=O) groups is 1. The number of nitrogens with one attached hydrogen (secondary N) is 1. The van der Waals surface area contributed by atoms with Gasteiger partial charge in [0.25, 0.3) is 5.91 Å². The molecule has 1 amide bonds. The number of amides is 1. The quantitative estimate of drug-likeness (QED) is 0.798. The Labute approximate surface area is 136 Å². The fourth-order valence-corrected chi connectivity index (χ4v) is 2.10. The van der Waals surface area contributed by atoms with Crippen LogP contribution in [0.2, 0.25) is 0 Å². The minimum Gasteiger partial charge on any atom is -0.352 e. The highest BCUT2D eigenvalue weighted by Gasteiger charge is 2.17. The van der Waals surface area contributed by atoms with Gasteiger partial charge in [-0.3, -0.25) is 4.79 Å². The molecule has 0 aliphatic rings. The van der Waals surface area contributed by atoms with E-state index in [1.165, 1.54) is 0 Å². The molecule has 1 aromatic heterocycles. The van der Waals surface area contributed by atoms with Gasteiger partial charge in [-0.25, -0.2) is 0 Å². The normalized spacial score (nSPS) is 11.5. The number of nitrogens with two attached hydrogens (primary N) is 1. The fraction of sp³-hybridized carbons (Fsp3) is 0.471. The summed E-state index contributed by atoms with van der Waals surface area (Å²) < 4.78 is 5.30. The summed E-state index contributed by atoms with van der Waals surface area (Å²) in [6.07, 6.45) is 1.46. The Hall–Kier alpha value is -2.21. The van der Waals surface area contributed by atoms with E-state index < -0.39 is 0 Å². The van der Waals surface area contributed by atoms with Crippen molar-refractivity contribution in [1.82, 2.24) is 15.5 Å². The van der Waals surface area contributed by atoms with Crippen LogP contribution in [0.3, 0.4) is 0 Å². The summed E-state index contributed by atoms with van der Waals surface area (Å²) in [4.78, 5) is 16.5. The number of carbonyl (C=O) groups excluding carboxylic acids is 1. The van der Waals surface area contributed by atoms with Gasteiger partial charge in [0.15, 0.2) is 0 Å². The summed E-state index contributed by atoms with van der Waals surface area (Å²) in [5, 5.41) is 6.84. The molecule has 0 fully saturated rings. The van der Waals surface area contributed by atoms with Gasteiger partial charge in [-0.15, -0.1) is 0 Å². The van der Waals surface area contributed by atoms with E-state index in [4.69, 9.17) is 10.3 Å². The number of aromatic nitrogens is 2. The Morgan fingerprint density at radius 1 is 1.35 bits per heavy atom. The lowest BCUT2D eigenvalue weighted by atomic mass is 9.92. The van der Waals surface area contributed by atoms with Crippen molar-refractivity contribution in [2.75, 3.05) is 13.1 Å². The Morgan fingerprint density at radius 3 is 2.83 bits per heavy atom. The molecule has 0 unspecified atom stereocenters. The van der Waals surface area contributed by atoms with Crippen LogP contribution in [0.1, 0.15) is 43.4 Å². The lowest BCUT2D eigenvalue weighted by molar-refractivity contribution is 0.0953. The average molecular weight is 316 g/mol. The molecule has 1 aromatic carbocycles. The highest BCUT2D eigenvalue weighted by atomic mass is 16.5. The summed E-state index contributed by atoms with van der Waals surface area (Å²) >= 11 is 0. The first-order valence-electron chi connectivity index (χ1n) is 7.80. The molecular weight excluding hydrogens is 292 g/mol. The van der Waals surface area contributed by atoms with Gasteiger partial charge in [0.05, 0.1) is 0 Å². The largest absolute Gasteiger partial charge is 0.352 e. The zero-order valence-corrected chi connectivity index (χ0v) is 13.9. The SMILES string of the molecule is CC(C)(C)Cc1nc(-c2cccc(C(=O)NCCCN)c2)no1. The van der Waals surface area contributed by atoms with Crippen LogP contribution in [-0.2, 0) is 6.42 Å². The topological polar surface area (TPSA) is 94.0 Å². The molecule has 124 valence electrons. The molecule has 0 bridgehead atoms. The molecule has 0 spiro atoms. The van der Waals surface area contributed by atoms with Gasteiger partial charge in [0, 0.05) is 24.1 Å². The molecule has 0 saturated heterocycles. The van der Waals surface area contributed by atoms with Crippen molar-refractivity contribution in [1.29, 1.82) is 0 Å². The van der Waals surface area contributed by atoms with Crippen LogP contribution in [0.4, 0.5) is 0 Å².